The number of hydrogen-bond donors (Lipinski definition) is 1. The monoisotopic (exact) mass is 349 g/mol. The first kappa shape index (κ1) is 15.7. The molecular weight excluding hydrogens is 333 g/mol. The first-order valence-corrected chi connectivity index (χ1v) is 7.61. The average molecular weight is 350 g/mol. The molecule has 0 saturated heterocycles. The topological polar surface area (TPSA) is 29.1 Å². The van der Waals surface area contributed by atoms with Crippen molar-refractivity contribution in [2.75, 3.05) is 0 Å². The van der Waals surface area contributed by atoms with Crippen LogP contribution >= 0.6 is 15.9 Å². The third-order valence-corrected chi connectivity index (χ3v) is 3.70. The molecule has 0 aliphatic heterocycles. The molecule has 110 valence electrons. The fourth-order valence-corrected chi connectivity index (χ4v) is 2.43. The first-order chi connectivity index (χ1) is 10.0. The summed E-state index contributed by atoms with van der Waals surface area (Å²) in [7, 11) is 0. The maximum Gasteiger partial charge on any atom is 0.224 e. The summed E-state index contributed by atoms with van der Waals surface area (Å²) in [6, 6.07) is 14.3. The van der Waals surface area contributed by atoms with Gasteiger partial charge in [-0.2, -0.15) is 0 Å². The molecule has 4 heteroatoms. The molecule has 2 nitrogen and oxygen atoms in total. The van der Waals surface area contributed by atoms with Gasteiger partial charge in [0, 0.05) is 10.5 Å². The predicted octanol–water partition coefficient (Wildman–Crippen LogP) is 3.88. The van der Waals surface area contributed by atoms with Crippen LogP contribution < -0.4 is 5.32 Å². The minimum absolute atomic E-state index is 0.00505. The first-order valence-electron chi connectivity index (χ1n) is 6.82. The van der Waals surface area contributed by atoms with Gasteiger partial charge in [-0.3, -0.25) is 4.79 Å². The van der Waals surface area contributed by atoms with E-state index in [-0.39, 0.29) is 24.2 Å². The Balaban J connectivity index is 1.87. The van der Waals surface area contributed by atoms with Crippen molar-refractivity contribution in [3.05, 3.63) is 69.9 Å². The fourth-order valence-electron chi connectivity index (χ4n) is 2.17. The van der Waals surface area contributed by atoms with Crippen LogP contribution in [0.1, 0.15) is 18.1 Å². The molecule has 0 fully saturated rings. The van der Waals surface area contributed by atoms with Crippen molar-refractivity contribution in [3.8, 4) is 0 Å². The minimum Gasteiger partial charge on any atom is -0.353 e. The molecule has 2 rings (SSSR count). The van der Waals surface area contributed by atoms with E-state index in [2.05, 4.69) is 21.2 Å². The lowest BCUT2D eigenvalue weighted by atomic mass is 10.1. The van der Waals surface area contributed by atoms with Gasteiger partial charge in [-0.1, -0.05) is 46.3 Å². The minimum atomic E-state index is -0.340. The number of carbonyl (C=O) groups excluding carboxylic acids is 1. The fraction of sp³-hybridized carbons (Fsp3) is 0.235. The molecule has 1 unspecified atom stereocenters. The average Bonchev–Trinajstić information content (AvgIpc) is 2.44. The highest BCUT2D eigenvalue weighted by atomic mass is 79.9. The molecule has 1 amide bonds. The van der Waals surface area contributed by atoms with E-state index >= 15 is 0 Å². The van der Waals surface area contributed by atoms with Crippen LogP contribution in [0.4, 0.5) is 4.39 Å². The standard InChI is InChI=1S/C17H17BrFNO/c1-12(10-13-6-8-15(18)9-7-13)20-17(21)11-14-4-2-3-5-16(14)19/h2-9,12H,10-11H2,1H3,(H,20,21). The summed E-state index contributed by atoms with van der Waals surface area (Å²) in [6.45, 7) is 1.95. The van der Waals surface area contributed by atoms with Gasteiger partial charge >= 0.3 is 0 Å². The Hall–Kier alpha value is -1.68. The van der Waals surface area contributed by atoms with Gasteiger partial charge in [0.1, 0.15) is 5.82 Å². The summed E-state index contributed by atoms with van der Waals surface area (Å²) in [5.41, 5.74) is 1.57. The van der Waals surface area contributed by atoms with E-state index in [0.29, 0.717) is 5.56 Å². The van der Waals surface area contributed by atoms with Crippen LogP contribution in [-0.4, -0.2) is 11.9 Å². The van der Waals surface area contributed by atoms with Crippen molar-refractivity contribution in [3.63, 3.8) is 0 Å². The van der Waals surface area contributed by atoms with E-state index in [4.69, 9.17) is 0 Å². The molecule has 0 spiro atoms. The SMILES string of the molecule is CC(Cc1ccc(Br)cc1)NC(=O)Cc1ccccc1F. The second-order valence-corrected chi connectivity index (χ2v) is 5.98. The van der Waals surface area contributed by atoms with Crippen LogP contribution in [0.3, 0.4) is 0 Å². The summed E-state index contributed by atoms with van der Waals surface area (Å²) in [5, 5.41) is 2.90. The van der Waals surface area contributed by atoms with Gasteiger partial charge in [0.2, 0.25) is 5.91 Å². The summed E-state index contributed by atoms with van der Waals surface area (Å²) >= 11 is 3.39. The van der Waals surface area contributed by atoms with Crippen LogP contribution in [-0.2, 0) is 17.6 Å². The van der Waals surface area contributed by atoms with Crippen LogP contribution in [0.2, 0.25) is 0 Å². The zero-order valence-corrected chi connectivity index (χ0v) is 13.4. The van der Waals surface area contributed by atoms with Crippen molar-refractivity contribution in [2.45, 2.75) is 25.8 Å². The van der Waals surface area contributed by atoms with Crippen LogP contribution in [0, 0.1) is 5.82 Å². The summed E-state index contributed by atoms with van der Waals surface area (Å²) in [6.07, 6.45) is 0.813. The number of halogens is 2. The van der Waals surface area contributed by atoms with E-state index in [1.165, 1.54) is 6.07 Å². The van der Waals surface area contributed by atoms with Gasteiger partial charge in [0.25, 0.3) is 0 Å². The summed E-state index contributed by atoms with van der Waals surface area (Å²) < 4.78 is 14.5. The zero-order valence-electron chi connectivity index (χ0n) is 11.8. The number of rotatable bonds is 5. The second-order valence-electron chi connectivity index (χ2n) is 5.07. The summed E-state index contributed by atoms with van der Waals surface area (Å²) in [4.78, 5) is 11.9. The quantitative estimate of drug-likeness (QED) is 0.871. The highest BCUT2D eigenvalue weighted by Gasteiger charge is 2.11. The number of carbonyl (C=O) groups is 1. The zero-order chi connectivity index (χ0) is 15.2. The molecule has 21 heavy (non-hydrogen) atoms. The van der Waals surface area contributed by atoms with E-state index in [1.807, 2.05) is 31.2 Å². The van der Waals surface area contributed by atoms with Crippen LogP contribution in [0.15, 0.2) is 53.0 Å². The van der Waals surface area contributed by atoms with Gasteiger partial charge < -0.3 is 5.32 Å². The van der Waals surface area contributed by atoms with E-state index < -0.39 is 0 Å². The summed E-state index contributed by atoms with van der Waals surface area (Å²) in [5.74, 6) is -0.502. The molecule has 2 aromatic carbocycles. The van der Waals surface area contributed by atoms with Crippen LogP contribution in [0.5, 0.6) is 0 Å². The Morgan fingerprint density at radius 2 is 1.86 bits per heavy atom. The Morgan fingerprint density at radius 1 is 1.19 bits per heavy atom. The van der Waals surface area contributed by atoms with Crippen molar-refractivity contribution in [1.29, 1.82) is 0 Å². The lowest BCUT2D eigenvalue weighted by molar-refractivity contribution is -0.121. The molecule has 0 aliphatic rings. The third kappa shape index (κ3) is 4.97. The van der Waals surface area contributed by atoms with E-state index in [9.17, 15) is 9.18 Å². The van der Waals surface area contributed by atoms with Crippen molar-refractivity contribution < 1.29 is 9.18 Å². The van der Waals surface area contributed by atoms with E-state index in [1.54, 1.807) is 18.2 Å². The molecular formula is C17H17BrFNO. The lowest BCUT2D eigenvalue weighted by Gasteiger charge is -2.14. The Labute approximate surface area is 132 Å². The highest BCUT2D eigenvalue weighted by Crippen LogP contribution is 2.12. The van der Waals surface area contributed by atoms with Crippen molar-refractivity contribution in [2.24, 2.45) is 0 Å². The van der Waals surface area contributed by atoms with Gasteiger partial charge in [-0.05, 0) is 42.7 Å². The predicted molar refractivity (Wildman–Crippen MR) is 85.6 cm³/mol. The highest BCUT2D eigenvalue weighted by molar-refractivity contribution is 9.10. The molecule has 0 aliphatic carbocycles. The molecule has 2 aromatic rings. The van der Waals surface area contributed by atoms with E-state index in [0.717, 1.165) is 16.5 Å². The largest absolute Gasteiger partial charge is 0.353 e. The number of benzene rings is 2. The number of hydrogen-bond acceptors (Lipinski definition) is 1. The van der Waals surface area contributed by atoms with Gasteiger partial charge in [0.15, 0.2) is 0 Å². The smallest absolute Gasteiger partial charge is 0.224 e. The van der Waals surface area contributed by atoms with Gasteiger partial charge in [-0.15, -0.1) is 0 Å². The molecule has 0 heterocycles. The normalized spacial score (nSPS) is 12.0. The van der Waals surface area contributed by atoms with Gasteiger partial charge in [0.05, 0.1) is 6.42 Å². The van der Waals surface area contributed by atoms with Crippen molar-refractivity contribution >= 4 is 21.8 Å². The molecule has 0 radical (unpaired) electrons. The number of amides is 1. The number of nitrogens with one attached hydrogen (secondary N) is 1. The van der Waals surface area contributed by atoms with Gasteiger partial charge in [-0.25, -0.2) is 4.39 Å². The second kappa shape index (κ2) is 7.36. The molecule has 0 aromatic heterocycles. The Kier molecular flexibility index (Phi) is 5.51. The van der Waals surface area contributed by atoms with Crippen LogP contribution in [0.25, 0.3) is 0 Å². The lowest BCUT2D eigenvalue weighted by Crippen LogP contribution is -2.35. The molecule has 1 N–H and O–H groups in total. The molecule has 0 bridgehead atoms. The Morgan fingerprint density at radius 3 is 2.52 bits per heavy atom. The molecule has 0 saturated carbocycles. The Bertz CT molecular complexity index is 612. The third-order valence-electron chi connectivity index (χ3n) is 3.17. The maximum absolute atomic E-state index is 13.5. The molecule has 1 atom stereocenters. The maximum atomic E-state index is 13.5. The van der Waals surface area contributed by atoms with Crippen molar-refractivity contribution in [1.82, 2.24) is 5.32 Å².